The molecule has 112 valence electrons. The van der Waals surface area contributed by atoms with Crippen LogP contribution in [0.25, 0.3) is 0 Å². The molecule has 0 saturated carbocycles. The fraction of sp³-hybridized carbons (Fsp3) is 0.562. The molecule has 0 aliphatic carbocycles. The fourth-order valence-corrected chi connectivity index (χ4v) is 1.99. The molecule has 1 N–H and O–H groups in total. The number of hydrogen-bond acceptors (Lipinski definition) is 4. The molecular formula is C16H25NO3. The molecule has 0 aliphatic heterocycles. The van der Waals surface area contributed by atoms with Gasteiger partial charge in [-0.1, -0.05) is 19.1 Å². The van der Waals surface area contributed by atoms with E-state index in [0.717, 1.165) is 24.3 Å². The van der Waals surface area contributed by atoms with Crippen molar-refractivity contribution in [3.05, 3.63) is 29.8 Å². The standard InChI is InChI=1S/C16H25NO3/c1-5-12-17-16(4,15(18)20-7-3)13-8-10-14(11-9-13)19-6-2/h8-11,17H,5-7,12H2,1-4H3. The highest BCUT2D eigenvalue weighted by atomic mass is 16.5. The summed E-state index contributed by atoms with van der Waals surface area (Å²) in [5.74, 6) is 0.551. The summed E-state index contributed by atoms with van der Waals surface area (Å²) in [5.41, 5.74) is 0.0596. The van der Waals surface area contributed by atoms with Crippen LogP contribution in [0.5, 0.6) is 5.75 Å². The highest BCUT2D eigenvalue weighted by molar-refractivity contribution is 5.82. The summed E-state index contributed by atoms with van der Waals surface area (Å²) < 4.78 is 10.6. The average Bonchev–Trinajstić information content (AvgIpc) is 2.46. The van der Waals surface area contributed by atoms with Crippen molar-refractivity contribution >= 4 is 5.97 Å². The molecule has 0 spiro atoms. The topological polar surface area (TPSA) is 47.6 Å². The number of rotatable bonds is 8. The van der Waals surface area contributed by atoms with Crippen LogP contribution in [-0.4, -0.2) is 25.7 Å². The van der Waals surface area contributed by atoms with E-state index in [4.69, 9.17) is 9.47 Å². The number of esters is 1. The molecule has 0 aliphatic rings. The van der Waals surface area contributed by atoms with Crippen LogP contribution in [0, 0.1) is 0 Å². The van der Waals surface area contributed by atoms with Crippen LogP contribution < -0.4 is 10.1 Å². The molecule has 4 nitrogen and oxygen atoms in total. The van der Waals surface area contributed by atoms with Crippen molar-refractivity contribution < 1.29 is 14.3 Å². The normalized spacial score (nSPS) is 13.6. The lowest BCUT2D eigenvalue weighted by atomic mass is 9.91. The number of nitrogens with one attached hydrogen (secondary N) is 1. The number of ether oxygens (including phenoxy) is 2. The zero-order valence-corrected chi connectivity index (χ0v) is 12.9. The molecule has 1 atom stereocenters. The van der Waals surface area contributed by atoms with Crippen LogP contribution >= 0.6 is 0 Å². The van der Waals surface area contributed by atoms with Crippen LogP contribution in [0.1, 0.15) is 39.7 Å². The second kappa shape index (κ2) is 7.90. The molecule has 0 amide bonds. The Hall–Kier alpha value is -1.55. The molecule has 0 fully saturated rings. The zero-order valence-electron chi connectivity index (χ0n) is 12.9. The van der Waals surface area contributed by atoms with Crippen molar-refractivity contribution in [2.24, 2.45) is 0 Å². The number of carbonyl (C=O) groups is 1. The summed E-state index contributed by atoms with van der Waals surface area (Å²) in [6.07, 6.45) is 0.950. The first kappa shape index (κ1) is 16.5. The Morgan fingerprint density at radius 2 is 1.80 bits per heavy atom. The number of benzene rings is 1. The minimum atomic E-state index is -0.823. The lowest BCUT2D eigenvalue weighted by Gasteiger charge is -2.29. The van der Waals surface area contributed by atoms with Crippen molar-refractivity contribution in [3.8, 4) is 5.75 Å². The summed E-state index contributed by atoms with van der Waals surface area (Å²) in [6.45, 7) is 9.44. The lowest BCUT2D eigenvalue weighted by Crippen LogP contribution is -2.48. The van der Waals surface area contributed by atoms with Crippen molar-refractivity contribution in [2.75, 3.05) is 19.8 Å². The van der Waals surface area contributed by atoms with Crippen molar-refractivity contribution in [3.63, 3.8) is 0 Å². The van der Waals surface area contributed by atoms with Crippen molar-refractivity contribution in [2.45, 2.75) is 39.7 Å². The minimum absolute atomic E-state index is 0.252. The van der Waals surface area contributed by atoms with Gasteiger partial charge < -0.3 is 9.47 Å². The van der Waals surface area contributed by atoms with E-state index in [1.54, 1.807) is 0 Å². The monoisotopic (exact) mass is 279 g/mol. The molecule has 0 heterocycles. The molecular weight excluding hydrogens is 254 g/mol. The van der Waals surface area contributed by atoms with Crippen LogP contribution in [0.4, 0.5) is 0 Å². The Balaban J connectivity index is 2.99. The lowest BCUT2D eigenvalue weighted by molar-refractivity contribution is -0.151. The average molecular weight is 279 g/mol. The highest BCUT2D eigenvalue weighted by Crippen LogP contribution is 2.25. The Kier molecular flexibility index (Phi) is 6.52. The maximum absolute atomic E-state index is 12.3. The van der Waals surface area contributed by atoms with Gasteiger partial charge in [-0.2, -0.15) is 0 Å². The summed E-state index contributed by atoms with van der Waals surface area (Å²) in [7, 11) is 0. The van der Waals surface area contributed by atoms with Crippen molar-refractivity contribution in [1.29, 1.82) is 0 Å². The Labute approximate surface area is 121 Å². The van der Waals surface area contributed by atoms with Gasteiger partial charge in [0.2, 0.25) is 0 Å². The predicted octanol–water partition coefficient (Wildman–Crippen LogP) is 2.86. The van der Waals surface area contributed by atoms with Gasteiger partial charge in [0, 0.05) is 0 Å². The first-order chi connectivity index (χ1) is 9.58. The van der Waals surface area contributed by atoms with E-state index in [2.05, 4.69) is 12.2 Å². The first-order valence-corrected chi connectivity index (χ1v) is 7.24. The van der Waals surface area contributed by atoms with Gasteiger partial charge in [0.1, 0.15) is 11.3 Å². The quantitative estimate of drug-likeness (QED) is 0.743. The van der Waals surface area contributed by atoms with E-state index in [9.17, 15) is 4.79 Å². The van der Waals surface area contributed by atoms with E-state index < -0.39 is 5.54 Å². The molecule has 0 saturated heterocycles. The molecule has 1 unspecified atom stereocenters. The summed E-state index contributed by atoms with van der Waals surface area (Å²) >= 11 is 0. The van der Waals surface area contributed by atoms with Gasteiger partial charge in [-0.3, -0.25) is 5.32 Å². The molecule has 20 heavy (non-hydrogen) atoms. The smallest absolute Gasteiger partial charge is 0.330 e. The molecule has 0 radical (unpaired) electrons. The fourth-order valence-electron chi connectivity index (χ4n) is 1.99. The SMILES string of the molecule is CCCNC(C)(C(=O)OCC)c1ccc(OCC)cc1. The van der Waals surface area contributed by atoms with E-state index >= 15 is 0 Å². The third kappa shape index (κ3) is 3.97. The summed E-state index contributed by atoms with van der Waals surface area (Å²) in [4.78, 5) is 12.3. The van der Waals surface area contributed by atoms with Gasteiger partial charge in [0.15, 0.2) is 0 Å². The molecule has 0 aromatic heterocycles. The van der Waals surface area contributed by atoms with E-state index in [1.807, 2.05) is 45.0 Å². The van der Waals surface area contributed by atoms with Gasteiger partial charge in [0.05, 0.1) is 13.2 Å². The maximum atomic E-state index is 12.3. The Bertz CT molecular complexity index is 416. The van der Waals surface area contributed by atoms with Crippen LogP contribution in [0.15, 0.2) is 24.3 Å². The molecule has 1 aromatic carbocycles. The summed E-state index contributed by atoms with van der Waals surface area (Å²) in [6, 6.07) is 7.57. The van der Waals surface area contributed by atoms with Gasteiger partial charge >= 0.3 is 5.97 Å². The predicted molar refractivity (Wildman–Crippen MR) is 79.9 cm³/mol. The van der Waals surface area contributed by atoms with Crippen LogP contribution in [0.3, 0.4) is 0 Å². The zero-order chi connectivity index (χ0) is 15.0. The molecule has 0 bridgehead atoms. The number of hydrogen-bond donors (Lipinski definition) is 1. The van der Waals surface area contributed by atoms with E-state index in [0.29, 0.717) is 13.2 Å². The molecule has 1 aromatic rings. The third-order valence-electron chi connectivity index (χ3n) is 3.15. The summed E-state index contributed by atoms with van der Waals surface area (Å²) in [5, 5.41) is 3.28. The second-order valence-corrected chi connectivity index (χ2v) is 4.73. The van der Waals surface area contributed by atoms with Crippen molar-refractivity contribution in [1.82, 2.24) is 5.32 Å². The largest absolute Gasteiger partial charge is 0.494 e. The van der Waals surface area contributed by atoms with Gasteiger partial charge in [0.25, 0.3) is 0 Å². The van der Waals surface area contributed by atoms with E-state index in [-0.39, 0.29) is 5.97 Å². The van der Waals surface area contributed by atoms with E-state index in [1.165, 1.54) is 0 Å². The second-order valence-electron chi connectivity index (χ2n) is 4.73. The molecule has 4 heteroatoms. The van der Waals surface area contributed by atoms with Crippen LogP contribution in [0.2, 0.25) is 0 Å². The Morgan fingerprint density at radius 3 is 2.30 bits per heavy atom. The van der Waals surface area contributed by atoms with Gasteiger partial charge in [-0.15, -0.1) is 0 Å². The first-order valence-electron chi connectivity index (χ1n) is 7.24. The minimum Gasteiger partial charge on any atom is -0.494 e. The Morgan fingerprint density at radius 1 is 1.15 bits per heavy atom. The number of carbonyl (C=O) groups excluding carboxylic acids is 1. The third-order valence-corrected chi connectivity index (χ3v) is 3.15. The van der Waals surface area contributed by atoms with Gasteiger partial charge in [-0.25, -0.2) is 4.79 Å². The highest BCUT2D eigenvalue weighted by Gasteiger charge is 2.36. The molecule has 1 rings (SSSR count). The van der Waals surface area contributed by atoms with Gasteiger partial charge in [-0.05, 0) is 51.4 Å². The maximum Gasteiger partial charge on any atom is 0.330 e. The van der Waals surface area contributed by atoms with Crippen LogP contribution in [-0.2, 0) is 15.1 Å².